The lowest BCUT2D eigenvalue weighted by molar-refractivity contribution is 0.617. The second-order valence-corrected chi connectivity index (χ2v) is 4.29. The first-order chi connectivity index (χ1) is 8.13. The minimum absolute atomic E-state index is 0.308. The van der Waals surface area contributed by atoms with E-state index in [1.165, 1.54) is 0 Å². The fraction of sp³-hybridized carbons (Fsp3) is 0.385. The standard InChI is InChI=1S/C13H16N2O2/c1-3-4-7-15-11-8-9(2)5-6-10(11)12(16)14-13(15)17/h5-6,8H,3-4,7H2,1-2H3,(H,14,16,17). The quantitative estimate of drug-likeness (QED) is 0.877. The number of aromatic amines is 1. The van der Waals surface area contributed by atoms with E-state index in [0.29, 0.717) is 11.9 Å². The molecule has 0 saturated heterocycles. The predicted molar refractivity (Wildman–Crippen MR) is 68.5 cm³/mol. The summed E-state index contributed by atoms with van der Waals surface area (Å²) in [4.78, 5) is 25.8. The molecule has 0 aliphatic carbocycles. The van der Waals surface area contributed by atoms with Crippen molar-refractivity contribution in [2.24, 2.45) is 0 Å². The van der Waals surface area contributed by atoms with E-state index >= 15 is 0 Å². The molecular weight excluding hydrogens is 216 g/mol. The van der Waals surface area contributed by atoms with Crippen molar-refractivity contribution in [3.05, 3.63) is 44.6 Å². The van der Waals surface area contributed by atoms with E-state index in [-0.39, 0.29) is 11.2 Å². The van der Waals surface area contributed by atoms with Gasteiger partial charge in [0.2, 0.25) is 0 Å². The van der Waals surface area contributed by atoms with E-state index < -0.39 is 0 Å². The van der Waals surface area contributed by atoms with Crippen LogP contribution < -0.4 is 11.2 Å². The number of hydrogen-bond acceptors (Lipinski definition) is 2. The Bertz CT molecular complexity index is 652. The Hall–Kier alpha value is -1.84. The van der Waals surface area contributed by atoms with Crippen LogP contribution in [0.15, 0.2) is 27.8 Å². The van der Waals surface area contributed by atoms with Crippen molar-refractivity contribution < 1.29 is 0 Å². The average Bonchev–Trinajstić information content (AvgIpc) is 2.28. The zero-order valence-corrected chi connectivity index (χ0v) is 10.1. The summed E-state index contributed by atoms with van der Waals surface area (Å²) in [6.07, 6.45) is 1.94. The van der Waals surface area contributed by atoms with Gasteiger partial charge in [0, 0.05) is 6.54 Å². The molecule has 1 aromatic heterocycles. The molecule has 0 unspecified atom stereocenters. The van der Waals surface area contributed by atoms with Crippen LogP contribution >= 0.6 is 0 Å². The first kappa shape index (κ1) is 11.6. The minimum atomic E-state index is -0.318. The highest BCUT2D eigenvalue weighted by molar-refractivity contribution is 5.78. The maximum Gasteiger partial charge on any atom is 0.328 e. The molecule has 1 N–H and O–H groups in total. The van der Waals surface area contributed by atoms with Crippen LogP contribution in [0.4, 0.5) is 0 Å². The molecule has 0 atom stereocenters. The number of nitrogens with one attached hydrogen (secondary N) is 1. The molecule has 2 rings (SSSR count). The van der Waals surface area contributed by atoms with E-state index in [0.717, 1.165) is 23.9 Å². The molecule has 0 saturated carbocycles. The molecule has 1 heterocycles. The molecule has 4 nitrogen and oxygen atoms in total. The molecule has 17 heavy (non-hydrogen) atoms. The van der Waals surface area contributed by atoms with Gasteiger partial charge in [0.15, 0.2) is 0 Å². The minimum Gasteiger partial charge on any atom is -0.293 e. The highest BCUT2D eigenvalue weighted by Gasteiger charge is 2.06. The summed E-state index contributed by atoms with van der Waals surface area (Å²) in [5, 5.41) is 0.575. The second kappa shape index (κ2) is 4.57. The van der Waals surface area contributed by atoms with Gasteiger partial charge in [0.05, 0.1) is 10.9 Å². The number of benzene rings is 1. The molecule has 0 aliphatic heterocycles. The van der Waals surface area contributed by atoms with Gasteiger partial charge in [0.1, 0.15) is 0 Å². The molecule has 0 amide bonds. The number of aryl methyl sites for hydroxylation is 2. The van der Waals surface area contributed by atoms with E-state index in [4.69, 9.17) is 0 Å². The third-order valence-corrected chi connectivity index (χ3v) is 2.89. The zero-order valence-electron chi connectivity index (χ0n) is 10.1. The molecular formula is C13H16N2O2. The normalized spacial score (nSPS) is 10.9. The molecule has 4 heteroatoms. The summed E-state index contributed by atoms with van der Waals surface area (Å²) < 4.78 is 1.65. The van der Waals surface area contributed by atoms with E-state index in [9.17, 15) is 9.59 Å². The second-order valence-electron chi connectivity index (χ2n) is 4.29. The summed E-state index contributed by atoms with van der Waals surface area (Å²) in [6.45, 7) is 4.67. The number of unbranched alkanes of at least 4 members (excludes halogenated alkanes) is 1. The van der Waals surface area contributed by atoms with E-state index in [2.05, 4.69) is 11.9 Å². The fourth-order valence-corrected chi connectivity index (χ4v) is 1.94. The molecule has 0 fully saturated rings. The van der Waals surface area contributed by atoms with Crippen molar-refractivity contribution >= 4 is 10.9 Å². The van der Waals surface area contributed by atoms with Crippen molar-refractivity contribution in [1.82, 2.24) is 9.55 Å². The van der Waals surface area contributed by atoms with Gasteiger partial charge in [-0.05, 0) is 31.0 Å². The van der Waals surface area contributed by atoms with Gasteiger partial charge in [-0.1, -0.05) is 19.4 Å². The summed E-state index contributed by atoms with van der Waals surface area (Å²) in [5.74, 6) is 0. The Labute approximate surface area is 98.9 Å². The van der Waals surface area contributed by atoms with Crippen LogP contribution in [-0.4, -0.2) is 9.55 Å². The Morgan fingerprint density at radius 3 is 2.76 bits per heavy atom. The van der Waals surface area contributed by atoms with Gasteiger partial charge < -0.3 is 0 Å². The maximum atomic E-state index is 11.8. The molecule has 1 aromatic carbocycles. The van der Waals surface area contributed by atoms with Crippen LogP contribution in [-0.2, 0) is 6.54 Å². The Morgan fingerprint density at radius 1 is 1.29 bits per heavy atom. The lowest BCUT2D eigenvalue weighted by atomic mass is 10.1. The van der Waals surface area contributed by atoms with Gasteiger partial charge in [-0.15, -0.1) is 0 Å². The van der Waals surface area contributed by atoms with Crippen LogP contribution in [0, 0.1) is 6.92 Å². The summed E-state index contributed by atoms with van der Waals surface area (Å²) >= 11 is 0. The number of hydrogen-bond donors (Lipinski definition) is 1. The van der Waals surface area contributed by atoms with Crippen LogP contribution in [0.2, 0.25) is 0 Å². The number of aromatic nitrogens is 2. The molecule has 0 radical (unpaired) electrons. The van der Waals surface area contributed by atoms with Gasteiger partial charge in [-0.3, -0.25) is 14.3 Å². The Kier molecular flexibility index (Phi) is 3.13. The fourth-order valence-electron chi connectivity index (χ4n) is 1.94. The van der Waals surface area contributed by atoms with Crippen LogP contribution in [0.3, 0.4) is 0 Å². The summed E-state index contributed by atoms with van der Waals surface area (Å²) in [6, 6.07) is 5.54. The summed E-state index contributed by atoms with van der Waals surface area (Å²) in [7, 11) is 0. The largest absolute Gasteiger partial charge is 0.328 e. The SMILES string of the molecule is CCCCn1c(=O)[nH]c(=O)c2ccc(C)cc21. The maximum absolute atomic E-state index is 11.8. The van der Waals surface area contributed by atoms with Gasteiger partial charge in [-0.2, -0.15) is 0 Å². The van der Waals surface area contributed by atoms with Crippen molar-refractivity contribution in [1.29, 1.82) is 0 Å². The molecule has 2 aromatic rings. The van der Waals surface area contributed by atoms with Crippen LogP contribution in [0.25, 0.3) is 10.9 Å². The monoisotopic (exact) mass is 232 g/mol. The first-order valence-electron chi connectivity index (χ1n) is 5.87. The third kappa shape index (κ3) is 2.16. The smallest absolute Gasteiger partial charge is 0.293 e. The lowest BCUT2D eigenvalue weighted by Gasteiger charge is -2.09. The first-order valence-corrected chi connectivity index (χ1v) is 5.87. The van der Waals surface area contributed by atoms with Gasteiger partial charge >= 0.3 is 5.69 Å². The Morgan fingerprint density at radius 2 is 2.06 bits per heavy atom. The molecule has 90 valence electrons. The van der Waals surface area contributed by atoms with Gasteiger partial charge in [0.25, 0.3) is 5.56 Å². The van der Waals surface area contributed by atoms with Gasteiger partial charge in [-0.25, -0.2) is 4.79 Å². The Balaban J connectivity index is 2.76. The van der Waals surface area contributed by atoms with Crippen LogP contribution in [0.1, 0.15) is 25.3 Å². The average molecular weight is 232 g/mol. The van der Waals surface area contributed by atoms with E-state index in [1.807, 2.05) is 19.1 Å². The lowest BCUT2D eigenvalue weighted by Crippen LogP contribution is -2.30. The van der Waals surface area contributed by atoms with Crippen molar-refractivity contribution in [3.8, 4) is 0 Å². The number of rotatable bonds is 3. The highest BCUT2D eigenvalue weighted by Crippen LogP contribution is 2.10. The van der Waals surface area contributed by atoms with Crippen molar-refractivity contribution in [3.63, 3.8) is 0 Å². The summed E-state index contributed by atoms with van der Waals surface area (Å²) in [5.41, 5.74) is 1.15. The number of fused-ring (bicyclic) bond motifs is 1. The zero-order chi connectivity index (χ0) is 12.4. The third-order valence-electron chi connectivity index (χ3n) is 2.89. The molecule has 0 spiro atoms. The van der Waals surface area contributed by atoms with Crippen molar-refractivity contribution in [2.45, 2.75) is 33.2 Å². The predicted octanol–water partition coefficient (Wildman–Crippen LogP) is 1.80. The van der Waals surface area contributed by atoms with E-state index in [1.54, 1.807) is 10.6 Å². The molecule has 0 bridgehead atoms. The number of H-pyrrole nitrogens is 1. The van der Waals surface area contributed by atoms with Crippen molar-refractivity contribution in [2.75, 3.05) is 0 Å². The van der Waals surface area contributed by atoms with Crippen LogP contribution in [0.5, 0.6) is 0 Å². The highest BCUT2D eigenvalue weighted by atomic mass is 16.2. The number of nitrogens with zero attached hydrogens (tertiary/aromatic N) is 1. The molecule has 0 aliphatic rings. The topological polar surface area (TPSA) is 54.9 Å².